The molecule has 1 fully saturated rings. The zero-order valence-electron chi connectivity index (χ0n) is 10.5. The van der Waals surface area contributed by atoms with Crippen LogP contribution in [0.25, 0.3) is 0 Å². The van der Waals surface area contributed by atoms with E-state index >= 15 is 0 Å². The first-order valence-corrected chi connectivity index (χ1v) is 7.76. The minimum atomic E-state index is -3.19. The van der Waals surface area contributed by atoms with E-state index in [9.17, 15) is 8.42 Å². The Morgan fingerprint density at radius 1 is 1.44 bits per heavy atom. The van der Waals surface area contributed by atoms with Crippen LogP contribution >= 0.6 is 0 Å². The van der Waals surface area contributed by atoms with Crippen molar-refractivity contribution in [2.24, 2.45) is 7.05 Å². The fourth-order valence-electron chi connectivity index (χ4n) is 1.57. The molecule has 8 heteroatoms. The molecule has 0 atom stereocenters. The number of hydrogen-bond acceptors (Lipinski definition) is 5. The summed E-state index contributed by atoms with van der Waals surface area (Å²) in [5.41, 5.74) is 0. The highest BCUT2D eigenvalue weighted by atomic mass is 32.2. The summed E-state index contributed by atoms with van der Waals surface area (Å²) in [4.78, 5) is 4.03. The van der Waals surface area contributed by atoms with Crippen molar-refractivity contribution in [3.63, 3.8) is 0 Å². The molecule has 0 saturated heterocycles. The number of aryl methyl sites for hydroxylation is 1. The first kappa shape index (κ1) is 13.4. The summed E-state index contributed by atoms with van der Waals surface area (Å²) >= 11 is 0. The third-order valence-corrected chi connectivity index (χ3v) is 4.08. The first-order valence-electron chi connectivity index (χ1n) is 6.10. The molecule has 0 unspecified atom stereocenters. The SMILES string of the molecule is Cn1cnc(CCNS(=O)(=O)CCNC2CC2)n1. The summed E-state index contributed by atoms with van der Waals surface area (Å²) in [5.74, 6) is 0.774. The van der Waals surface area contributed by atoms with Crippen LogP contribution < -0.4 is 10.0 Å². The normalized spacial score (nSPS) is 16.1. The number of rotatable bonds is 8. The van der Waals surface area contributed by atoms with Crippen molar-refractivity contribution in [2.75, 3.05) is 18.8 Å². The minimum Gasteiger partial charge on any atom is -0.313 e. The van der Waals surface area contributed by atoms with Crippen LogP contribution in [0.15, 0.2) is 6.33 Å². The Hall–Kier alpha value is -0.990. The summed E-state index contributed by atoms with van der Waals surface area (Å²) in [6.45, 7) is 0.859. The van der Waals surface area contributed by atoms with Gasteiger partial charge in [0.15, 0.2) is 5.82 Å². The largest absolute Gasteiger partial charge is 0.313 e. The number of nitrogens with zero attached hydrogens (tertiary/aromatic N) is 3. The van der Waals surface area contributed by atoms with Crippen LogP contribution in [0.4, 0.5) is 0 Å². The Bertz CT molecular complexity index is 480. The Balaban J connectivity index is 1.64. The number of sulfonamides is 1. The number of nitrogens with one attached hydrogen (secondary N) is 2. The average molecular weight is 273 g/mol. The molecular weight excluding hydrogens is 254 g/mol. The molecule has 2 rings (SSSR count). The molecule has 102 valence electrons. The van der Waals surface area contributed by atoms with Gasteiger partial charge in [-0.15, -0.1) is 0 Å². The van der Waals surface area contributed by atoms with Crippen LogP contribution in [0, 0.1) is 0 Å². The summed E-state index contributed by atoms with van der Waals surface area (Å²) in [6, 6.07) is 0.540. The van der Waals surface area contributed by atoms with Crippen molar-refractivity contribution in [2.45, 2.75) is 25.3 Å². The van der Waals surface area contributed by atoms with E-state index in [1.807, 2.05) is 0 Å². The Morgan fingerprint density at radius 2 is 2.22 bits per heavy atom. The maximum atomic E-state index is 11.6. The summed E-state index contributed by atoms with van der Waals surface area (Å²) in [6.07, 6.45) is 4.44. The van der Waals surface area contributed by atoms with Gasteiger partial charge in [0, 0.05) is 32.6 Å². The molecule has 0 aliphatic heterocycles. The Labute approximate surface area is 107 Å². The van der Waals surface area contributed by atoms with Gasteiger partial charge in [-0.25, -0.2) is 18.1 Å². The summed E-state index contributed by atoms with van der Waals surface area (Å²) < 4.78 is 27.4. The topological polar surface area (TPSA) is 88.9 Å². The molecule has 0 spiro atoms. The van der Waals surface area contributed by atoms with E-state index < -0.39 is 10.0 Å². The van der Waals surface area contributed by atoms with Crippen molar-refractivity contribution in [3.8, 4) is 0 Å². The molecule has 0 amide bonds. The van der Waals surface area contributed by atoms with Gasteiger partial charge < -0.3 is 5.32 Å². The van der Waals surface area contributed by atoms with Gasteiger partial charge in [-0.1, -0.05) is 0 Å². The second kappa shape index (κ2) is 5.77. The maximum absolute atomic E-state index is 11.6. The summed E-state index contributed by atoms with van der Waals surface area (Å²) in [7, 11) is -1.41. The van der Waals surface area contributed by atoms with Crippen molar-refractivity contribution in [1.82, 2.24) is 24.8 Å². The lowest BCUT2D eigenvalue weighted by atomic mass is 10.4. The van der Waals surface area contributed by atoms with E-state index in [4.69, 9.17) is 0 Å². The summed E-state index contributed by atoms with van der Waals surface area (Å²) in [5, 5.41) is 7.26. The smallest absolute Gasteiger partial charge is 0.212 e. The molecule has 2 N–H and O–H groups in total. The van der Waals surface area contributed by atoms with Crippen molar-refractivity contribution in [3.05, 3.63) is 12.2 Å². The zero-order chi connectivity index (χ0) is 13.0. The standard InChI is InChI=1S/C10H19N5O2S/c1-15-8-12-10(14-15)4-5-13-18(16,17)7-6-11-9-2-3-9/h8-9,11,13H,2-7H2,1H3. The van der Waals surface area contributed by atoms with E-state index in [2.05, 4.69) is 20.1 Å². The quantitative estimate of drug-likeness (QED) is 0.636. The predicted molar refractivity (Wildman–Crippen MR) is 67.5 cm³/mol. The lowest BCUT2D eigenvalue weighted by Crippen LogP contribution is -2.33. The number of hydrogen-bond donors (Lipinski definition) is 2. The van der Waals surface area contributed by atoms with E-state index in [0.717, 1.165) is 0 Å². The second-order valence-corrected chi connectivity index (χ2v) is 6.45. The third kappa shape index (κ3) is 4.71. The van der Waals surface area contributed by atoms with E-state index in [1.54, 1.807) is 18.1 Å². The molecular formula is C10H19N5O2S. The molecule has 1 heterocycles. The van der Waals surface area contributed by atoms with Gasteiger partial charge in [0.25, 0.3) is 0 Å². The van der Waals surface area contributed by atoms with Crippen LogP contribution in [-0.2, 0) is 23.5 Å². The van der Waals surface area contributed by atoms with Gasteiger partial charge in [-0.05, 0) is 12.8 Å². The molecule has 0 bridgehead atoms. The van der Waals surface area contributed by atoms with E-state index in [1.165, 1.54) is 12.8 Å². The maximum Gasteiger partial charge on any atom is 0.212 e. The number of aromatic nitrogens is 3. The lowest BCUT2D eigenvalue weighted by Gasteiger charge is -2.06. The lowest BCUT2D eigenvalue weighted by molar-refractivity contribution is 0.575. The first-order chi connectivity index (χ1) is 8.55. The zero-order valence-corrected chi connectivity index (χ0v) is 11.3. The van der Waals surface area contributed by atoms with Gasteiger partial charge in [-0.2, -0.15) is 5.10 Å². The van der Waals surface area contributed by atoms with Gasteiger partial charge in [0.1, 0.15) is 6.33 Å². The minimum absolute atomic E-state index is 0.124. The molecule has 1 aromatic rings. The average Bonchev–Trinajstić information content (AvgIpc) is 3.01. The van der Waals surface area contributed by atoms with Gasteiger partial charge in [0.2, 0.25) is 10.0 Å². The molecule has 1 saturated carbocycles. The highest BCUT2D eigenvalue weighted by Gasteiger charge is 2.21. The molecule has 1 aliphatic carbocycles. The van der Waals surface area contributed by atoms with Gasteiger partial charge in [-0.3, -0.25) is 4.68 Å². The molecule has 0 radical (unpaired) electrons. The van der Waals surface area contributed by atoms with Crippen molar-refractivity contribution >= 4 is 10.0 Å². The monoisotopic (exact) mass is 273 g/mol. The second-order valence-electron chi connectivity index (χ2n) is 4.53. The molecule has 18 heavy (non-hydrogen) atoms. The van der Waals surface area contributed by atoms with Crippen LogP contribution in [0.1, 0.15) is 18.7 Å². The molecule has 1 aromatic heterocycles. The molecule has 7 nitrogen and oxygen atoms in total. The van der Waals surface area contributed by atoms with Crippen LogP contribution in [0.3, 0.4) is 0 Å². The van der Waals surface area contributed by atoms with Gasteiger partial charge in [0.05, 0.1) is 5.75 Å². The highest BCUT2D eigenvalue weighted by Crippen LogP contribution is 2.17. The van der Waals surface area contributed by atoms with Crippen molar-refractivity contribution < 1.29 is 8.42 Å². The fraction of sp³-hybridized carbons (Fsp3) is 0.800. The third-order valence-electron chi connectivity index (χ3n) is 2.70. The van der Waals surface area contributed by atoms with Crippen LogP contribution in [0.5, 0.6) is 0 Å². The van der Waals surface area contributed by atoms with Crippen LogP contribution in [0.2, 0.25) is 0 Å². The highest BCUT2D eigenvalue weighted by molar-refractivity contribution is 7.89. The fourth-order valence-corrected chi connectivity index (χ4v) is 2.52. The Kier molecular flexibility index (Phi) is 4.31. The molecule has 1 aliphatic rings. The van der Waals surface area contributed by atoms with Crippen molar-refractivity contribution in [1.29, 1.82) is 0 Å². The van der Waals surface area contributed by atoms with E-state index in [-0.39, 0.29) is 5.75 Å². The van der Waals surface area contributed by atoms with Crippen LogP contribution in [-0.4, -0.2) is 48.1 Å². The predicted octanol–water partition coefficient (Wildman–Crippen LogP) is -0.971. The van der Waals surface area contributed by atoms with Gasteiger partial charge >= 0.3 is 0 Å². The van der Waals surface area contributed by atoms with E-state index in [0.29, 0.717) is 31.4 Å². The molecule has 0 aromatic carbocycles. The Morgan fingerprint density at radius 3 is 2.83 bits per heavy atom.